The quantitative estimate of drug-likeness (QED) is 0.856. The van der Waals surface area contributed by atoms with E-state index in [1.54, 1.807) is 11.0 Å². The van der Waals surface area contributed by atoms with Gasteiger partial charge in [-0.05, 0) is 31.4 Å². The average Bonchev–Trinajstić information content (AvgIpc) is 3.05. The van der Waals surface area contributed by atoms with Crippen LogP contribution in [0.25, 0.3) is 6.08 Å². The summed E-state index contributed by atoms with van der Waals surface area (Å²) in [5.74, 6) is -0.0640. The van der Waals surface area contributed by atoms with Gasteiger partial charge in [-0.1, -0.05) is 30.3 Å². The van der Waals surface area contributed by atoms with Crippen LogP contribution in [0.3, 0.4) is 0 Å². The fraction of sp³-hybridized carbons (Fsp3) is 0.316. The summed E-state index contributed by atoms with van der Waals surface area (Å²) in [7, 11) is 0. The minimum atomic E-state index is -0.0636. The number of aryl methyl sites for hydroxylation is 1. The van der Waals surface area contributed by atoms with Crippen molar-refractivity contribution in [3.05, 3.63) is 53.0 Å². The highest BCUT2D eigenvalue weighted by Gasteiger charge is 2.27. The number of piperidine rings is 1. The van der Waals surface area contributed by atoms with Crippen LogP contribution in [0.15, 0.2) is 41.8 Å². The van der Waals surface area contributed by atoms with Crippen molar-refractivity contribution in [2.24, 2.45) is 5.92 Å². The second kappa shape index (κ2) is 8.07. The first-order chi connectivity index (χ1) is 12.1. The molecule has 1 aromatic carbocycles. The van der Waals surface area contributed by atoms with E-state index in [9.17, 15) is 9.59 Å². The van der Waals surface area contributed by atoms with Gasteiger partial charge in [0.2, 0.25) is 11.8 Å². The molecule has 25 heavy (non-hydrogen) atoms. The third-order valence-electron chi connectivity index (χ3n) is 4.24. The van der Waals surface area contributed by atoms with Crippen molar-refractivity contribution in [3.63, 3.8) is 0 Å². The van der Waals surface area contributed by atoms with Crippen molar-refractivity contribution in [2.75, 3.05) is 18.4 Å². The number of rotatable bonds is 4. The molecular formula is C19H21N3O2S. The maximum Gasteiger partial charge on any atom is 0.246 e. The molecule has 1 aromatic heterocycles. The molecule has 1 saturated heterocycles. The molecule has 130 valence electrons. The average molecular weight is 355 g/mol. The number of amides is 2. The lowest BCUT2D eigenvalue weighted by Gasteiger charge is -2.30. The third-order valence-corrected chi connectivity index (χ3v) is 5.12. The number of nitrogens with zero attached hydrogens (tertiary/aromatic N) is 2. The van der Waals surface area contributed by atoms with Crippen molar-refractivity contribution in [1.29, 1.82) is 0 Å². The highest BCUT2D eigenvalue weighted by atomic mass is 32.1. The lowest BCUT2D eigenvalue weighted by Crippen LogP contribution is -2.40. The Labute approximate surface area is 151 Å². The van der Waals surface area contributed by atoms with Crippen molar-refractivity contribution < 1.29 is 9.59 Å². The summed E-state index contributed by atoms with van der Waals surface area (Å²) in [6.07, 6.45) is 4.79. The van der Waals surface area contributed by atoms with Gasteiger partial charge in [0, 0.05) is 30.5 Å². The van der Waals surface area contributed by atoms with Gasteiger partial charge in [-0.3, -0.25) is 9.59 Å². The highest BCUT2D eigenvalue weighted by Crippen LogP contribution is 2.21. The number of aromatic nitrogens is 1. The summed E-state index contributed by atoms with van der Waals surface area (Å²) < 4.78 is 0. The van der Waals surface area contributed by atoms with Crippen LogP contribution in [0.2, 0.25) is 0 Å². The minimum absolute atomic E-state index is 0.00118. The molecule has 0 spiro atoms. The Morgan fingerprint density at radius 3 is 2.60 bits per heavy atom. The van der Waals surface area contributed by atoms with Gasteiger partial charge in [0.1, 0.15) is 0 Å². The molecule has 5 nitrogen and oxygen atoms in total. The number of carbonyl (C=O) groups excluding carboxylic acids is 2. The fourth-order valence-corrected chi connectivity index (χ4v) is 3.51. The molecule has 0 unspecified atom stereocenters. The summed E-state index contributed by atoms with van der Waals surface area (Å²) in [5, 5.41) is 5.43. The zero-order valence-electron chi connectivity index (χ0n) is 14.1. The lowest BCUT2D eigenvalue weighted by atomic mass is 9.96. The van der Waals surface area contributed by atoms with E-state index < -0.39 is 0 Å². The molecule has 1 aliphatic heterocycles. The fourth-order valence-electron chi connectivity index (χ4n) is 2.82. The zero-order valence-corrected chi connectivity index (χ0v) is 15.0. The van der Waals surface area contributed by atoms with E-state index in [4.69, 9.17) is 0 Å². The molecule has 0 saturated carbocycles. The first-order valence-corrected chi connectivity index (χ1v) is 9.25. The molecule has 0 atom stereocenters. The largest absolute Gasteiger partial charge is 0.339 e. The minimum Gasteiger partial charge on any atom is -0.339 e. The van der Waals surface area contributed by atoms with Crippen molar-refractivity contribution in [2.45, 2.75) is 19.8 Å². The number of anilines is 1. The summed E-state index contributed by atoms with van der Waals surface area (Å²) in [4.78, 5) is 30.6. The number of thiazole rings is 1. The SMILES string of the molecule is Cc1csc(NC(=O)C2CCN(C(=O)/C=C/c3ccccc3)CC2)n1. The topological polar surface area (TPSA) is 62.3 Å². The van der Waals surface area contributed by atoms with E-state index in [2.05, 4.69) is 10.3 Å². The van der Waals surface area contributed by atoms with E-state index in [1.807, 2.05) is 48.7 Å². The van der Waals surface area contributed by atoms with Crippen molar-refractivity contribution in [1.82, 2.24) is 9.88 Å². The molecule has 1 aliphatic rings. The number of hydrogen-bond acceptors (Lipinski definition) is 4. The molecule has 0 radical (unpaired) electrons. The normalized spacial score (nSPS) is 15.5. The first kappa shape index (κ1) is 17.4. The monoisotopic (exact) mass is 355 g/mol. The molecular weight excluding hydrogens is 334 g/mol. The van der Waals surface area contributed by atoms with Gasteiger partial charge >= 0.3 is 0 Å². The van der Waals surface area contributed by atoms with Crippen LogP contribution in [0.5, 0.6) is 0 Å². The standard InChI is InChI=1S/C19H21N3O2S/c1-14-13-25-19(20-14)21-18(24)16-9-11-22(12-10-16)17(23)8-7-15-5-3-2-4-6-15/h2-8,13,16H,9-12H2,1H3,(H,20,21,24)/b8-7+. The number of nitrogens with one attached hydrogen (secondary N) is 1. The summed E-state index contributed by atoms with van der Waals surface area (Å²) in [6, 6.07) is 9.75. The predicted octanol–water partition coefficient (Wildman–Crippen LogP) is 3.34. The highest BCUT2D eigenvalue weighted by molar-refractivity contribution is 7.13. The van der Waals surface area contributed by atoms with Crippen LogP contribution in [-0.2, 0) is 9.59 Å². The van der Waals surface area contributed by atoms with Crippen LogP contribution in [-0.4, -0.2) is 34.8 Å². The van der Waals surface area contributed by atoms with Gasteiger partial charge in [-0.2, -0.15) is 0 Å². The number of benzene rings is 1. The van der Waals surface area contributed by atoms with Crippen LogP contribution in [0.4, 0.5) is 5.13 Å². The van der Waals surface area contributed by atoms with Crippen LogP contribution in [0.1, 0.15) is 24.1 Å². The molecule has 2 aromatic rings. The van der Waals surface area contributed by atoms with E-state index in [1.165, 1.54) is 11.3 Å². The zero-order chi connectivity index (χ0) is 17.6. The molecule has 1 fully saturated rings. The third kappa shape index (κ3) is 4.76. The molecule has 2 heterocycles. The molecule has 2 amide bonds. The van der Waals surface area contributed by atoms with Crippen LogP contribution >= 0.6 is 11.3 Å². The van der Waals surface area contributed by atoms with Crippen molar-refractivity contribution >= 4 is 34.4 Å². The van der Waals surface area contributed by atoms with E-state index in [-0.39, 0.29) is 17.7 Å². The predicted molar refractivity (Wildman–Crippen MR) is 100 cm³/mol. The van der Waals surface area contributed by atoms with Crippen LogP contribution < -0.4 is 5.32 Å². The Balaban J connectivity index is 1.48. The maximum atomic E-state index is 12.3. The number of likely N-dealkylation sites (tertiary alicyclic amines) is 1. The maximum absolute atomic E-state index is 12.3. The Kier molecular flexibility index (Phi) is 5.60. The Bertz CT molecular complexity index is 762. The van der Waals surface area contributed by atoms with Crippen LogP contribution in [0, 0.1) is 12.8 Å². The van der Waals surface area contributed by atoms with E-state index in [0.717, 1.165) is 11.3 Å². The first-order valence-electron chi connectivity index (χ1n) is 8.37. The molecule has 3 rings (SSSR count). The Hall–Kier alpha value is -2.47. The van der Waals surface area contributed by atoms with Crippen molar-refractivity contribution in [3.8, 4) is 0 Å². The van der Waals surface area contributed by atoms with Gasteiger partial charge in [0.05, 0.1) is 5.69 Å². The summed E-state index contributed by atoms with van der Waals surface area (Å²) in [5.41, 5.74) is 1.91. The summed E-state index contributed by atoms with van der Waals surface area (Å²) in [6.45, 7) is 3.11. The molecule has 1 N–H and O–H groups in total. The van der Waals surface area contributed by atoms with E-state index >= 15 is 0 Å². The second-order valence-corrected chi connectivity index (χ2v) is 6.98. The van der Waals surface area contributed by atoms with E-state index in [0.29, 0.717) is 31.1 Å². The number of carbonyl (C=O) groups is 2. The smallest absolute Gasteiger partial charge is 0.246 e. The lowest BCUT2D eigenvalue weighted by molar-refractivity contribution is -0.130. The van der Waals surface area contributed by atoms with Gasteiger partial charge in [0.25, 0.3) is 0 Å². The van der Waals surface area contributed by atoms with Gasteiger partial charge in [-0.15, -0.1) is 11.3 Å². The Morgan fingerprint density at radius 2 is 1.96 bits per heavy atom. The Morgan fingerprint density at radius 1 is 1.24 bits per heavy atom. The summed E-state index contributed by atoms with van der Waals surface area (Å²) >= 11 is 1.44. The van der Waals surface area contributed by atoms with Gasteiger partial charge in [-0.25, -0.2) is 4.98 Å². The number of hydrogen-bond donors (Lipinski definition) is 1. The second-order valence-electron chi connectivity index (χ2n) is 6.13. The molecule has 0 aliphatic carbocycles. The van der Waals surface area contributed by atoms with Gasteiger partial charge in [0.15, 0.2) is 5.13 Å². The molecule has 0 bridgehead atoms. The molecule has 6 heteroatoms. The van der Waals surface area contributed by atoms with Gasteiger partial charge < -0.3 is 10.2 Å².